The molecular weight excluding hydrogens is 540 g/mol. The van der Waals surface area contributed by atoms with Gasteiger partial charge in [0.25, 0.3) is 0 Å². The molecule has 2 rings (SSSR count). The van der Waals surface area contributed by atoms with Crippen molar-refractivity contribution in [2.45, 2.75) is 65.1 Å². The second kappa shape index (κ2) is 12.9. The van der Waals surface area contributed by atoms with Gasteiger partial charge in [-0.05, 0) is 63.4 Å². The number of nitrogens with one attached hydrogen (secondary N) is 1. The summed E-state index contributed by atoms with van der Waals surface area (Å²) in [6, 6.07) is 9.79. The van der Waals surface area contributed by atoms with Gasteiger partial charge in [0.15, 0.2) is 0 Å². The maximum atomic E-state index is 14.3. The number of benzene rings is 2. The Balaban J connectivity index is 2.28. The Hall–Kier alpha value is -2.36. The molecule has 0 aliphatic heterocycles. The van der Waals surface area contributed by atoms with E-state index in [4.69, 9.17) is 23.2 Å². The van der Waals surface area contributed by atoms with Gasteiger partial charge in [-0.1, -0.05) is 48.3 Å². The number of anilines is 1. The highest BCUT2D eigenvalue weighted by Crippen LogP contribution is 2.25. The van der Waals surface area contributed by atoms with E-state index in [0.29, 0.717) is 22.0 Å². The van der Waals surface area contributed by atoms with Crippen molar-refractivity contribution >= 4 is 50.7 Å². The number of nitrogens with zero attached hydrogens (tertiary/aromatic N) is 2. The van der Waals surface area contributed by atoms with Crippen LogP contribution in [0.15, 0.2) is 42.5 Å². The van der Waals surface area contributed by atoms with Crippen molar-refractivity contribution in [3.8, 4) is 0 Å². The molecule has 7 nitrogen and oxygen atoms in total. The highest BCUT2D eigenvalue weighted by molar-refractivity contribution is 7.92. The molecule has 2 aromatic rings. The Morgan fingerprint density at radius 2 is 1.73 bits per heavy atom. The summed E-state index contributed by atoms with van der Waals surface area (Å²) in [6.07, 6.45) is 1.41. The molecule has 0 aliphatic carbocycles. The summed E-state index contributed by atoms with van der Waals surface area (Å²) < 4.78 is 40.0. The number of para-hydroxylation sites is 1. The number of rotatable bonds is 11. The van der Waals surface area contributed by atoms with Crippen LogP contribution < -0.4 is 9.62 Å². The van der Waals surface area contributed by atoms with E-state index in [1.807, 2.05) is 27.7 Å². The zero-order valence-corrected chi connectivity index (χ0v) is 24.1. The van der Waals surface area contributed by atoms with E-state index in [1.54, 1.807) is 24.3 Å². The van der Waals surface area contributed by atoms with Crippen LogP contribution in [0.3, 0.4) is 0 Å². The van der Waals surface area contributed by atoms with Crippen LogP contribution in [-0.4, -0.2) is 49.5 Å². The maximum Gasteiger partial charge on any atom is 0.243 e. The minimum atomic E-state index is -3.79. The largest absolute Gasteiger partial charge is 0.350 e. The molecule has 1 unspecified atom stereocenters. The monoisotopic (exact) mass is 573 g/mol. The van der Waals surface area contributed by atoms with E-state index >= 15 is 0 Å². The zero-order chi connectivity index (χ0) is 28.0. The number of carbonyl (C=O) groups is 2. The molecule has 0 bridgehead atoms. The third-order valence-electron chi connectivity index (χ3n) is 5.49. The summed E-state index contributed by atoms with van der Waals surface area (Å²) in [5.41, 5.74) is 0.105. The number of hydrogen-bond acceptors (Lipinski definition) is 4. The normalized spacial score (nSPS) is 12.6. The van der Waals surface area contributed by atoms with Crippen LogP contribution in [0, 0.1) is 5.82 Å². The van der Waals surface area contributed by atoms with Gasteiger partial charge in [0.1, 0.15) is 11.9 Å². The summed E-state index contributed by atoms with van der Waals surface area (Å²) >= 11 is 12.2. The first-order valence-corrected chi connectivity index (χ1v) is 14.5. The second-order valence-corrected chi connectivity index (χ2v) is 12.5. The smallest absolute Gasteiger partial charge is 0.243 e. The predicted octanol–water partition coefficient (Wildman–Crippen LogP) is 5.40. The maximum absolute atomic E-state index is 14.3. The van der Waals surface area contributed by atoms with Crippen molar-refractivity contribution in [1.82, 2.24) is 10.2 Å². The summed E-state index contributed by atoms with van der Waals surface area (Å²) in [7, 11) is -3.79. The third kappa shape index (κ3) is 9.16. The first-order chi connectivity index (χ1) is 17.1. The highest BCUT2D eigenvalue weighted by atomic mass is 35.5. The molecule has 1 N–H and O–H groups in total. The van der Waals surface area contributed by atoms with Gasteiger partial charge in [-0.15, -0.1) is 0 Å². The second-order valence-electron chi connectivity index (χ2n) is 9.82. The van der Waals surface area contributed by atoms with Gasteiger partial charge < -0.3 is 10.2 Å². The van der Waals surface area contributed by atoms with Gasteiger partial charge in [-0.25, -0.2) is 12.8 Å². The van der Waals surface area contributed by atoms with E-state index in [9.17, 15) is 22.4 Å². The lowest BCUT2D eigenvalue weighted by molar-refractivity contribution is -0.142. The molecule has 204 valence electrons. The average Bonchev–Trinajstić information content (AvgIpc) is 2.77. The number of carbonyl (C=O) groups excluding carboxylic acids is 2. The van der Waals surface area contributed by atoms with E-state index < -0.39 is 27.4 Å². The van der Waals surface area contributed by atoms with Crippen molar-refractivity contribution in [3.05, 3.63) is 63.9 Å². The quantitative estimate of drug-likeness (QED) is 0.390. The van der Waals surface area contributed by atoms with E-state index in [2.05, 4.69) is 5.32 Å². The van der Waals surface area contributed by atoms with Crippen molar-refractivity contribution in [2.24, 2.45) is 0 Å². The number of sulfonamides is 1. The van der Waals surface area contributed by atoms with Crippen LogP contribution in [0.2, 0.25) is 10.0 Å². The summed E-state index contributed by atoms with van der Waals surface area (Å²) in [6.45, 7) is 7.37. The average molecular weight is 575 g/mol. The van der Waals surface area contributed by atoms with Crippen LogP contribution in [0.5, 0.6) is 0 Å². The van der Waals surface area contributed by atoms with Crippen LogP contribution in [0.4, 0.5) is 10.1 Å². The van der Waals surface area contributed by atoms with Gasteiger partial charge >= 0.3 is 0 Å². The lowest BCUT2D eigenvalue weighted by atomic mass is 10.0. The Labute approximate surface area is 229 Å². The molecule has 0 radical (unpaired) electrons. The minimum Gasteiger partial charge on any atom is -0.350 e. The number of halogens is 3. The fraction of sp³-hybridized carbons (Fsp3) is 0.462. The summed E-state index contributed by atoms with van der Waals surface area (Å²) in [4.78, 5) is 28.0. The zero-order valence-electron chi connectivity index (χ0n) is 21.7. The first kappa shape index (κ1) is 30.9. The van der Waals surface area contributed by atoms with Crippen molar-refractivity contribution in [3.63, 3.8) is 0 Å². The molecule has 0 saturated heterocycles. The molecule has 0 saturated carbocycles. The fourth-order valence-electron chi connectivity index (χ4n) is 3.84. The molecule has 0 aromatic heterocycles. The Bertz CT molecular complexity index is 1220. The molecule has 0 fully saturated rings. The third-order valence-corrected chi connectivity index (χ3v) is 7.41. The van der Waals surface area contributed by atoms with Crippen molar-refractivity contribution in [2.75, 3.05) is 17.1 Å². The predicted molar refractivity (Wildman–Crippen MR) is 147 cm³/mol. The van der Waals surface area contributed by atoms with Crippen LogP contribution in [0.1, 0.15) is 52.5 Å². The van der Waals surface area contributed by atoms with Gasteiger partial charge in [0.05, 0.1) is 22.0 Å². The molecule has 37 heavy (non-hydrogen) atoms. The molecule has 0 aliphatic rings. The van der Waals surface area contributed by atoms with Gasteiger partial charge in [0, 0.05) is 25.0 Å². The molecule has 2 amide bonds. The molecule has 11 heteroatoms. The lowest BCUT2D eigenvalue weighted by Gasteiger charge is -2.33. The van der Waals surface area contributed by atoms with E-state index in [0.717, 1.165) is 10.6 Å². The fourth-order valence-corrected chi connectivity index (χ4v) is 5.13. The molecular formula is C26H34Cl2FN3O4S. The van der Waals surface area contributed by atoms with Crippen LogP contribution >= 0.6 is 23.2 Å². The first-order valence-electron chi connectivity index (χ1n) is 11.9. The van der Waals surface area contributed by atoms with E-state index in [-0.39, 0.29) is 43.4 Å². The topological polar surface area (TPSA) is 86.8 Å². The molecule has 2 aromatic carbocycles. The minimum absolute atomic E-state index is 0.0545. The highest BCUT2D eigenvalue weighted by Gasteiger charge is 2.31. The number of hydrogen-bond donors (Lipinski definition) is 1. The summed E-state index contributed by atoms with van der Waals surface area (Å²) in [5.74, 6) is -1.32. The molecule has 0 spiro atoms. The van der Waals surface area contributed by atoms with Gasteiger partial charge in [-0.3, -0.25) is 13.9 Å². The van der Waals surface area contributed by atoms with Crippen molar-refractivity contribution in [1.29, 1.82) is 0 Å². The van der Waals surface area contributed by atoms with Crippen molar-refractivity contribution < 1.29 is 22.4 Å². The SMILES string of the molecule is CCC(C(=O)NC(C)(C)C)N(Cc1ccc(Cl)c(Cl)c1)C(=O)CCCN(c1ccccc1F)S(C)(=O)=O. The summed E-state index contributed by atoms with van der Waals surface area (Å²) in [5, 5.41) is 3.62. The lowest BCUT2D eigenvalue weighted by Crippen LogP contribution is -2.53. The number of amides is 2. The molecule has 1 atom stereocenters. The van der Waals surface area contributed by atoms with E-state index in [1.165, 1.54) is 23.1 Å². The van der Waals surface area contributed by atoms with Crippen LogP contribution in [0.25, 0.3) is 0 Å². The molecule has 0 heterocycles. The Kier molecular flexibility index (Phi) is 10.8. The standard InChI is InChI=1S/C26H34Cl2FN3O4S/c1-6-22(25(34)30-26(2,3)4)31(17-18-13-14-19(27)20(28)16-18)24(33)12-9-15-32(37(5,35)36)23-11-8-7-10-21(23)29/h7-8,10-11,13-14,16,22H,6,9,12,15,17H2,1-5H3,(H,30,34). The van der Waals surface area contributed by atoms with Crippen LogP contribution in [-0.2, 0) is 26.2 Å². The van der Waals surface area contributed by atoms with Gasteiger partial charge in [0.2, 0.25) is 21.8 Å². The van der Waals surface area contributed by atoms with Gasteiger partial charge in [-0.2, -0.15) is 0 Å². The Morgan fingerprint density at radius 3 is 2.27 bits per heavy atom. The Morgan fingerprint density at radius 1 is 1.08 bits per heavy atom.